The van der Waals surface area contributed by atoms with Crippen LogP contribution in [0, 0.1) is 0 Å². The largest absolute Gasteiger partial charge is 0.449 e. The topological polar surface area (TPSA) is 53.1 Å². The molecule has 3 aromatic rings. The predicted molar refractivity (Wildman–Crippen MR) is 78.8 cm³/mol. The normalized spacial score (nSPS) is 12.1. The van der Waals surface area contributed by atoms with Gasteiger partial charge in [-0.15, -0.1) is 0 Å². The highest BCUT2D eigenvalue weighted by molar-refractivity contribution is 5.96. The van der Waals surface area contributed by atoms with E-state index in [-0.39, 0.29) is 5.52 Å². The Morgan fingerprint density at radius 3 is 2.55 bits per heavy atom. The van der Waals surface area contributed by atoms with E-state index in [0.29, 0.717) is 11.1 Å². The Hall–Kier alpha value is -2.83. The lowest BCUT2D eigenvalue weighted by Gasteiger charge is -1.99. The van der Waals surface area contributed by atoms with Crippen LogP contribution < -0.4 is 5.43 Å². The van der Waals surface area contributed by atoms with E-state index in [2.05, 4.69) is 20.5 Å². The molecule has 2 aromatic carbocycles. The number of hydrazone groups is 1. The number of aromatic nitrogens is 2. The monoisotopic (exact) mass is 304 g/mol. The molecule has 0 spiro atoms. The van der Waals surface area contributed by atoms with Gasteiger partial charge >= 0.3 is 6.18 Å². The first-order valence-electron chi connectivity index (χ1n) is 6.44. The van der Waals surface area contributed by atoms with Crippen molar-refractivity contribution in [3.8, 4) is 0 Å². The Labute approximate surface area is 123 Å². The molecular formula is C15H11F3N4. The molecule has 0 aliphatic heterocycles. The Morgan fingerprint density at radius 1 is 1.05 bits per heavy atom. The summed E-state index contributed by atoms with van der Waals surface area (Å²) in [5.74, 6) is -1.01. The number of nitrogens with one attached hydrogen (secondary N) is 2. The second-order valence-electron chi connectivity index (χ2n) is 4.56. The first kappa shape index (κ1) is 14.1. The van der Waals surface area contributed by atoms with Crippen LogP contribution in [0.15, 0.2) is 53.6 Å². The van der Waals surface area contributed by atoms with Crippen molar-refractivity contribution in [2.45, 2.75) is 6.18 Å². The highest BCUT2D eigenvalue weighted by Crippen LogP contribution is 2.29. The lowest BCUT2D eigenvalue weighted by Crippen LogP contribution is -2.06. The molecule has 4 nitrogen and oxygen atoms in total. The van der Waals surface area contributed by atoms with Crippen LogP contribution in [0.25, 0.3) is 11.0 Å². The van der Waals surface area contributed by atoms with Gasteiger partial charge in [0.1, 0.15) is 0 Å². The molecule has 112 valence electrons. The summed E-state index contributed by atoms with van der Waals surface area (Å²) < 4.78 is 38.1. The average Bonchev–Trinajstić information content (AvgIpc) is 2.93. The van der Waals surface area contributed by atoms with Crippen molar-refractivity contribution in [1.29, 1.82) is 0 Å². The van der Waals surface area contributed by atoms with Gasteiger partial charge in [0.15, 0.2) is 0 Å². The fraction of sp³-hybridized carbons (Fsp3) is 0.0667. The van der Waals surface area contributed by atoms with Crippen molar-refractivity contribution in [1.82, 2.24) is 9.97 Å². The first-order valence-corrected chi connectivity index (χ1v) is 6.44. The van der Waals surface area contributed by atoms with Crippen molar-refractivity contribution in [2.24, 2.45) is 5.10 Å². The van der Waals surface area contributed by atoms with E-state index in [1.54, 1.807) is 18.2 Å². The van der Waals surface area contributed by atoms with E-state index in [9.17, 15) is 13.2 Å². The van der Waals surface area contributed by atoms with Crippen LogP contribution in [0.4, 0.5) is 18.9 Å². The number of H-pyrrole nitrogens is 1. The number of halogens is 3. The van der Waals surface area contributed by atoms with Gasteiger partial charge in [-0.1, -0.05) is 30.3 Å². The molecule has 3 rings (SSSR count). The highest BCUT2D eigenvalue weighted by atomic mass is 19.4. The molecule has 0 atom stereocenters. The van der Waals surface area contributed by atoms with E-state index in [4.69, 9.17) is 0 Å². The smallest absolute Gasteiger partial charge is 0.334 e. The summed E-state index contributed by atoms with van der Waals surface area (Å²) in [5.41, 5.74) is 4.62. The summed E-state index contributed by atoms with van der Waals surface area (Å²) in [6.07, 6.45) is -3.06. The van der Waals surface area contributed by atoms with E-state index in [0.717, 1.165) is 5.69 Å². The lowest BCUT2D eigenvalue weighted by molar-refractivity contribution is -0.144. The second kappa shape index (κ2) is 5.51. The molecular weight excluding hydrogens is 293 g/mol. The molecule has 0 amide bonds. The maximum absolute atomic E-state index is 12.7. The Balaban J connectivity index is 1.89. The van der Waals surface area contributed by atoms with Crippen LogP contribution in [-0.2, 0) is 6.18 Å². The van der Waals surface area contributed by atoms with Crippen LogP contribution >= 0.6 is 0 Å². The van der Waals surface area contributed by atoms with Gasteiger partial charge < -0.3 is 4.98 Å². The van der Waals surface area contributed by atoms with Gasteiger partial charge in [0, 0.05) is 5.56 Å². The zero-order chi connectivity index (χ0) is 15.6. The zero-order valence-electron chi connectivity index (χ0n) is 11.2. The van der Waals surface area contributed by atoms with E-state index in [1.165, 1.54) is 6.21 Å². The maximum atomic E-state index is 12.7. The Bertz CT molecular complexity index is 807. The summed E-state index contributed by atoms with van der Waals surface area (Å²) >= 11 is 0. The fourth-order valence-corrected chi connectivity index (χ4v) is 1.98. The lowest BCUT2D eigenvalue weighted by atomic mass is 10.2. The standard InChI is InChI=1S/C15H11F3N4/c16-15(17,18)14-20-12-8-4-5-10(13(12)21-14)9-19-22-11-6-2-1-3-7-11/h1-9,22H,(H,20,21). The number of hydrogen-bond acceptors (Lipinski definition) is 3. The third kappa shape index (κ3) is 2.93. The molecule has 0 saturated heterocycles. The van der Waals surface area contributed by atoms with Gasteiger partial charge in [-0.3, -0.25) is 5.43 Å². The number of anilines is 1. The minimum Gasteiger partial charge on any atom is -0.334 e. The highest BCUT2D eigenvalue weighted by Gasteiger charge is 2.34. The third-order valence-corrected chi connectivity index (χ3v) is 2.98. The van der Waals surface area contributed by atoms with E-state index < -0.39 is 12.0 Å². The molecule has 0 fully saturated rings. The summed E-state index contributed by atoms with van der Waals surface area (Å²) in [4.78, 5) is 5.88. The number of fused-ring (bicyclic) bond motifs is 1. The average molecular weight is 304 g/mol. The Kier molecular flexibility index (Phi) is 3.54. The molecule has 2 N–H and O–H groups in total. The molecule has 22 heavy (non-hydrogen) atoms. The minimum absolute atomic E-state index is 0.230. The summed E-state index contributed by atoms with van der Waals surface area (Å²) in [6.45, 7) is 0. The SMILES string of the molecule is FC(F)(F)c1nc2c(C=NNc3ccccc3)cccc2[nH]1. The van der Waals surface area contributed by atoms with Gasteiger partial charge in [-0.05, 0) is 18.2 Å². The van der Waals surface area contributed by atoms with Gasteiger partial charge in [-0.25, -0.2) is 4.98 Å². The molecule has 0 unspecified atom stereocenters. The summed E-state index contributed by atoms with van der Waals surface area (Å²) in [5, 5.41) is 4.02. The minimum atomic E-state index is -4.50. The fourth-order valence-electron chi connectivity index (χ4n) is 1.98. The number of aromatic amines is 1. The number of hydrogen-bond donors (Lipinski definition) is 2. The first-order chi connectivity index (χ1) is 10.5. The number of imidazole rings is 1. The second-order valence-corrected chi connectivity index (χ2v) is 4.56. The van der Waals surface area contributed by atoms with Crippen LogP contribution in [0.5, 0.6) is 0 Å². The van der Waals surface area contributed by atoms with Gasteiger partial charge in [0.2, 0.25) is 5.82 Å². The van der Waals surface area contributed by atoms with Gasteiger partial charge in [-0.2, -0.15) is 18.3 Å². The number of alkyl halides is 3. The van der Waals surface area contributed by atoms with Gasteiger partial charge in [0.05, 0.1) is 22.9 Å². The molecule has 0 bridgehead atoms. The molecule has 0 saturated carbocycles. The molecule has 0 aliphatic rings. The Morgan fingerprint density at radius 2 is 1.82 bits per heavy atom. The van der Waals surface area contributed by atoms with E-state index in [1.807, 2.05) is 30.3 Å². The van der Waals surface area contributed by atoms with Crippen LogP contribution in [0.2, 0.25) is 0 Å². The molecule has 0 aliphatic carbocycles. The zero-order valence-corrected chi connectivity index (χ0v) is 11.2. The van der Waals surface area contributed by atoms with Crippen LogP contribution in [-0.4, -0.2) is 16.2 Å². The van der Waals surface area contributed by atoms with Crippen molar-refractivity contribution < 1.29 is 13.2 Å². The maximum Gasteiger partial charge on any atom is 0.449 e. The van der Waals surface area contributed by atoms with Crippen molar-refractivity contribution in [3.05, 3.63) is 59.9 Å². The molecule has 1 heterocycles. The van der Waals surface area contributed by atoms with Crippen molar-refractivity contribution in [2.75, 3.05) is 5.43 Å². The third-order valence-electron chi connectivity index (χ3n) is 2.98. The summed E-state index contributed by atoms with van der Waals surface area (Å²) in [6, 6.07) is 14.1. The van der Waals surface area contributed by atoms with Crippen molar-refractivity contribution in [3.63, 3.8) is 0 Å². The predicted octanol–water partition coefficient (Wildman–Crippen LogP) is 4.03. The van der Waals surface area contributed by atoms with Crippen molar-refractivity contribution >= 4 is 22.9 Å². The van der Waals surface area contributed by atoms with E-state index >= 15 is 0 Å². The number of nitrogens with zero attached hydrogens (tertiary/aromatic N) is 2. The molecule has 0 radical (unpaired) electrons. The summed E-state index contributed by atoms with van der Waals surface area (Å²) in [7, 11) is 0. The molecule has 1 aromatic heterocycles. The van der Waals surface area contributed by atoms with Crippen LogP contribution in [0.3, 0.4) is 0 Å². The van der Waals surface area contributed by atoms with Gasteiger partial charge in [0.25, 0.3) is 0 Å². The number of rotatable bonds is 3. The quantitative estimate of drug-likeness (QED) is 0.567. The van der Waals surface area contributed by atoms with Crippen LogP contribution in [0.1, 0.15) is 11.4 Å². The number of para-hydroxylation sites is 2. The molecule has 7 heteroatoms. The number of benzene rings is 2.